The number of benzene rings is 1. The average molecular weight is 299 g/mol. The molecule has 5 nitrogen and oxygen atoms in total. The molecule has 1 aliphatic rings. The number of aromatic nitrogens is 2. The molecule has 1 aromatic heterocycles. The third-order valence-corrected chi connectivity index (χ3v) is 3.94. The lowest BCUT2D eigenvalue weighted by molar-refractivity contribution is 0.0899. The topological polar surface area (TPSA) is 56.1 Å². The smallest absolute Gasteiger partial charge is 0.272 e. The van der Waals surface area contributed by atoms with Crippen LogP contribution >= 0.6 is 0 Å². The molecule has 1 aromatic carbocycles. The molecule has 1 heterocycles. The normalized spacial score (nSPS) is 14.6. The maximum atomic E-state index is 12.5. The van der Waals surface area contributed by atoms with Gasteiger partial charge in [0, 0.05) is 24.4 Å². The summed E-state index contributed by atoms with van der Waals surface area (Å²) in [5.41, 5.74) is 3.81. The van der Waals surface area contributed by atoms with Gasteiger partial charge in [-0.1, -0.05) is 18.2 Å². The zero-order chi connectivity index (χ0) is 15.5. The summed E-state index contributed by atoms with van der Waals surface area (Å²) in [5, 5.41) is 7.53. The fraction of sp³-hybridized carbons (Fsp3) is 0.412. The number of methoxy groups -OCH3 is 1. The van der Waals surface area contributed by atoms with Crippen molar-refractivity contribution in [2.45, 2.75) is 32.2 Å². The highest BCUT2D eigenvalue weighted by atomic mass is 16.5. The molecule has 1 atom stereocenters. The first kappa shape index (κ1) is 14.8. The maximum Gasteiger partial charge on any atom is 0.272 e. The second-order valence-corrected chi connectivity index (χ2v) is 5.70. The van der Waals surface area contributed by atoms with Crippen LogP contribution in [0.15, 0.2) is 30.3 Å². The Bertz CT molecular complexity index is 664. The van der Waals surface area contributed by atoms with Crippen molar-refractivity contribution in [2.24, 2.45) is 0 Å². The van der Waals surface area contributed by atoms with E-state index in [0.29, 0.717) is 12.3 Å². The molecule has 5 heteroatoms. The number of nitrogens with one attached hydrogen (secondary N) is 1. The van der Waals surface area contributed by atoms with Crippen molar-refractivity contribution in [3.05, 3.63) is 47.3 Å². The Morgan fingerprint density at radius 1 is 1.36 bits per heavy atom. The molecule has 1 N–H and O–H groups in total. The molecule has 22 heavy (non-hydrogen) atoms. The quantitative estimate of drug-likeness (QED) is 0.920. The number of amides is 1. The van der Waals surface area contributed by atoms with Gasteiger partial charge in [0.25, 0.3) is 5.91 Å². The molecule has 0 unspecified atom stereocenters. The van der Waals surface area contributed by atoms with E-state index >= 15 is 0 Å². The van der Waals surface area contributed by atoms with E-state index in [1.165, 1.54) is 0 Å². The first-order valence-electron chi connectivity index (χ1n) is 7.66. The van der Waals surface area contributed by atoms with E-state index < -0.39 is 0 Å². The average Bonchev–Trinajstić information content (AvgIpc) is 3.10. The molecule has 2 aromatic rings. The number of hydrogen-bond donors (Lipinski definition) is 1. The van der Waals surface area contributed by atoms with Crippen molar-refractivity contribution in [1.82, 2.24) is 15.1 Å². The van der Waals surface area contributed by atoms with E-state index in [4.69, 9.17) is 4.74 Å². The number of nitrogens with zero attached hydrogens (tertiary/aromatic N) is 2. The van der Waals surface area contributed by atoms with Gasteiger partial charge in [-0.3, -0.25) is 4.79 Å². The van der Waals surface area contributed by atoms with Gasteiger partial charge in [0.05, 0.1) is 12.3 Å². The fourth-order valence-electron chi connectivity index (χ4n) is 2.99. The van der Waals surface area contributed by atoms with Crippen molar-refractivity contribution in [3.63, 3.8) is 0 Å². The molecule has 0 saturated heterocycles. The molecule has 0 saturated carbocycles. The van der Waals surface area contributed by atoms with Crippen LogP contribution in [-0.2, 0) is 17.6 Å². The van der Waals surface area contributed by atoms with Crippen LogP contribution < -0.4 is 5.32 Å². The zero-order valence-corrected chi connectivity index (χ0v) is 13.0. The van der Waals surface area contributed by atoms with E-state index in [9.17, 15) is 4.79 Å². The maximum absolute atomic E-state index is 12.5. The number of rotatable bonds is 5. The van der Waals surface area contributed by atoms with Crippen molar-refractivity contribution in [2.75, 3.05) is 13.7 Å². The fourth-order valence-corrected chi connectivity index (χ4v) is 2.99. The Morgan fingerprint density at radius 2 is 2.14 bits per heavy atom. The van der Waals surface area contributed by atoms with Crippen LogP contribution in [-0.4, -0.2) is 35.4 Å². The summed E-state index contributed by atoms with van der Waals surface area (Å²) in [6, 6.07) is 9.95. The zero-order valence-electron chi connectivity index (χ0n) is 13.0. The number of ether oxygens (including phenoxy) is 1. The lowest BCUT2D eigenvalue weighted by Crippen LogP contribution is -2.36. The highest BCUT2D eigenvalue weighted by Gasteiger charge is 2.27. The van der Waals surface area contributed by atoms with Gasteiger partial charge >= 0.3 is 0 Å². The van der Waals surface area contributed by atoms with Crippen molar-refractivity contribution in [1.29, 1.82) is 0 Å². The number of carbonyl (C=O) groups excluding carboxylic acids is 1. The Hall–Kier alpha value is -2.14. The molecule has 1 aliphatic carbocycles. The molecule has 3 rings (SSSR count). The number of para-hydroxylation sites is 1. The van der Waals surface area contributed by atoms with Gasteiger partial charge in [0.2, 0.25) is 0 Å². The highest BCUT2D eigenvalue weighted by Crippen LogP contribution is 2.27. The standard InChI is InChI=1S/C17H21N3O2/c1-12(11-22-2)18-17(21)16-14-9-6-10-15(14)20(19-16)13-7-4-3-5-8-13/h3-5,7-8,12H,6,9-11H2,1-2H3,(H,18,21)/t12-/m0/s1. The van der Waals surface area contributed by atoms with Gasteiger partial charge in [-0.15, -0.1) is 0 Å². The molecule has 1 amide bonds. The minimum Gasteiger partial charge on any atom is -0.383 e. The van der Waals surface area contributed by atoms with Crippen LogP contribution in [0.4, 0.5) is 0 Å². The van der Waals surface area contributed by atoms with E-state index in [-0.39, 0.29) is 11.9 Å². The first-order chi connectivity index (χ1) is 10.7. The summed E-state index contributed by atoms with van der Waals surface area (Å²) in [6.45, 7) is 2.42. The Morgan fingerprint density at radius 3 is 2.86 bits per heavy atom. The van der Waals surface area contributed by atoms with Gasteiger partial charge in [-0.2, -0.15) is 5.10 Å². The molecule has 0 bridgehead atoms. The molecule has 0 radical (unpaired) electrons. The van der Waals surface area contributed by atoms with Gasteiger partial charge in [0.15, 0.2) is 5.69 Å². The van der Waals surface area contributed by atoms with Crippen molar-refractivity contribution >= 4 is 5.91 Å². The minimum atomic E-state index is -0.114. The highest BCUT2D eigenvalue weighted by molar-refractivity contribution is 5.94. The SMILES string of the molecule is COC[C@H](C)NC(=O)c1nn(-c2ccccc2)c2c1CCC2. The summed E-state index contributed by atoms with van der Waals surface area (Å²) in [6.07, 6.45) is 2.97. The molecular formula is C17H21N3O2. The number of fused-ring (bicyclic) bond motifs is 1. The third-order valence-electron chi connectivity index (χ3n) is 3.94. The summed E-state index contributed by atoms with van der Waals surface area (Å²) in [5.74, 6) is -0.114. The van der Waals surface area contributed by atoms with Crippen LogP contribution in [0, 0.1) is 0 Å². The van der Waals surface area contributed by atoms with Gasteiger partial charge < -0.3 is 10.1 Å². The van der Waals surface area contributed by atoms with Crippen LogP contribution in [0.25, 0.3) is 5.69 Å². The predicted molar refractivity (Wildman–Crippen MR) is 84.4 cm³/mol. The lowest BCUT2D eigenvalue weighted by Gasteiger charge is -2.11. The van der Waals surface area contributed by atoms with E-state index in [1.54, 1.807) is 7.11 Å². The number of hydrogen-bond acceptors (Lipinski definition) is 3. The summed E-state index contributed by atoms with van der Waals surface area (Å²) < 4.78 is 6.98. The van der Waals surface area contributed by atoms with Crippen LogP contribution in [0.3, 0.4) is 0 Å². The van der Waals surface area contributed by atoms with E-state index in [1.807, 2.05) is 41.9 Å². The van der Waals surface area contributed by atoms with Crippen molar-refractivity contribution < 1.29 is 9.53 Å². The number of carbonyl (C=O) groups is 1. The van der Waals surface area contributed by atoms with Crippen LogP contribution in [0.5, 0.6) is 0 Å². The van der Waals surface area contributed by atoms with E-state index in [0.717, 1.165) is 36.2 Å². The monoisotopic (exact) mass is 299 g/mol. The summed E-state index contributed by atoms with van der Waals surface area (Å²) in [4.78, 5) is 12.5. The predicted octanol–water partition coefficient (Wildman–Crippen LogP) is 2.13. The second-order valence-electron chi connectivity index (χ2n) is 5.70. The summed E-state index contributed by atoms with van der Waals surface area (Å²) >= 11 is 0. The molecular weight excluding hydrogens is 278 g/mol. The summed E-state index contributed by atoms with van der Waals surface area (Å²) in [7, 11) is 1.63. The lowest BCUT2D eigenvalue weighted by atomic mass is 10.2. The third kappa shape index (κ3) is 2.76. The Balaban J connectivity index is 1.92. The molecule has 0 spiro atoms. The molecule has 0 aliphatic heterocycles. The minimum absolute atomic E-state index is 0.0311. The van der Waals surface area contributed by atoms with Gasteiger partial charge in [-0.25, -0.2) is 4.68 Å². The first-order valence-corrected chi connectivity index (χ1v) is 7.66. The van der Waals surface area contributed by atoms with Gasteiger partial charge in [0.1, 0.15) is 0 Å². The van der Waals surface area contributed by atoms with Crippen LogP contribution in [0.2, 0.25) is 0 Å². The van der Waals surface area contributed by atoms with Gasteiger partial charge in [-0.05, 0) is 38.3 Å². The Kier molecular flexibility index (Phi) is 4.24. The van der Waals surface area contributed by atoms with E-state index in [2.05, 4.69) is 10.4 Å². The van der Waals surface area contributed by atoms with Crippen LogP contribution in [0.1, 0.15) is 35.1 Å². The molecule has 0 fully saturated rings. The molecule has 116 valence electrons. The largest absolute Gasteiger partial charge is 0.383 e. The second kappa shape index (κ2) is 6.32. The Labute approximate surface area is 130 Å². The van der Waals surface area contributed by atoms with Crippen molar-refractivity contribution in [3.8, 4) is 5.69 Å².